The highest BCUT2D eigenvalue weighted by Gasteiger charge is 2.17. The fourth-order valence-corrected chi connectivity index (χ4v) is 2.27. The maximum absolute atomic E-state index is 12.9. The van der Waals surface area contributed by atoms with Gasteiger partial charge in [-0.3, -0.25) is 4.79 Å². The van der Waals surface area contributed by atoms with Crippen molar-refractivity contribution in [2.75, 3.05) is 5.32 Å². The molecule has 0 spiro atoms. The van der Waals surface area contributed by atoms with Crippen molar-refractivity contribution in [1.29, 1.82) is 0 Å². The molecule has 4 heteroatoms. The van der Waals surface area contributed by atoms with Gasteiger partial charge in [-0.05, 0) is 55.2 Å². The van der Waals surface area contributed by atoms with E-state index in [4.69, 9.17) is 4.74 Å². The molecule has 0 radical (unpaired) electrons. The van der Waals surface area contributed by atoms with Crippen molar-refractivity contribution in [1.82, 2.24) is 0 Å². The summed E-state index contributed by atoms with van der Waals surface area (Å²) in [4.78, 5) is 12.3. The number of hydrogen-bond acceptors (Lipinski definition) is 2. The lowest BCUT2D eigenvalue weighted by Gasteiger charge is -2.18. The van der Waals surface area contributed by atoms with E-state index in [-0.39, 0.29) is 11.7 Å². The summed E-state index contributed by atoms with van der Waals surface area (Å²) in [7, 11) is 0. The molecule has 0 aliphatic heterocycles. The zero-order valence-corrected chi connectivity index (χ0v) is 13.7. The summed E-state index contributed by atoms with van der Waals surface area (Å²) < 4.78 is 18.4. The summed E-state index contributed by atoms with van der Waals surface area (Å²) >= 11 is 0. The van der Waals surface area contributed by atoms with Gasteiger partial charge in [0.1, 0.15) is 11.6 Å². The fourth-order valence-electron chi connectivity index (χ4n) is 2.27. The second-order valence-corrected chi connectivity index (χ2v) is 5.60. The summed E-state index contributed by atoms with van der Waals surface area (Å²) in [6.45, 7) is 5.91. The van der Waals surface area contributed by atoms with Crippen molar-refractivity contribution in [2.24, 2.45) is 0 Å². The highest BCUT2D eigenvalue weighted by molar-refractivity contribution is 5.94. The van der Waals surface area contributed by atoms with E-state index in [9.17, 15) is 9.18 Å². The number of carbonyl (C=O) groups is 1. The normalized spacial score (nSPS) is 13.2. The van der Waals surface area contributed by atoms with Crippen LogP contribution in [0.4, 0.5) is 10.1 Å². The lowest BCUT2D eigenvalue weighted by atomic mass is 9.97. The maximum atomic E-state index is 12.9. The number of amides is 1. The molecular weight excluding hydrogens is 293 g/mol. The van der Waals surface area contributed by atoms with E-state index in [1.165, 1.54) is 24.3 Å². The molecule has 2 aromatic carbocycles. The molecule has 0 heterocycles. The van der Waals surface area contributed by atoms with Crippen LogP contribution in [0.1, 0.15) is 38.7 Å². The molecule has 3 nitrogen and oxygen atoms in total. The van der Waals surface area contributed by atoms with Crippen molar-refractivity contribution in [3.8, 4) is 5.75 Å². The van der Waals surface area contributed by atoms with Crippen molar-refractivity contribution < 1.29 is 13.9 Å². The number of halogens is 1. The third-order valence-corrected chi connectivity index (χ3v) is 3.86. The Kier molecular flexibility index (Phi) is 5.74. The smallest absolute Gasteiger partial charge is 0.265 e. The summed E-state index contributed by atoms with van der Waals surface area (Å²) in [5.41, 5.74) is 1.92. The van der Waals surface area contributed by atoms with E-state index >= 15 is 0 Å². The Morgan fingerprint density at radius 3 is 2.43 bits per heavy atom. The number of carbonyl (C=O) groups excluding carboxylic acids is 1. The number of anilines is 1. The quantitative estimate of drug-likeness (QED) is 0.835. The number of hydrogen-bond donors (Lipinski definition) is 1. The number of ether oxygens (including phenoxy) is 1. The minimum atomic E-state index is -0.676. The van der Waals surface area contributed by atoms with Crippen LogP contribution in [-0.2, 0) is 4.79 Å². The highest BCUT2D eigenvalue weighted by atomic mass is 19.1. The number of benzene rings is 2. The summed E-state index contributed by atoms with van der Waals surface area (Å²) in [6.07, 6.45) is 0.319. The Morgan fingerprint density at radius 2 is 1.78 bits per heavy atom. The average Bonchev–Trinajstić information content (AvgIpc) is 2.56. The van der Waals surface area contributed by atoms with Gasteiger partial charge in [-0.2, -0.15) is 0 Å². The molecule has 0 fully saturated rings. The van der Waals surface area contributed by atoms with Gasteiger partial charge >= 0.3 is 0 Å². The van der Waals surface area contributed by atoms with Crippen LogP contribution in [0, 0.1) is 5.82 Å². The molecule has 0 saturated heterocycles. The van der Waals surface area contributed by atoms with Gasteiger partial charge in [-0.1, -0.05) is 32.0 Å². The predicted molar refractivity (Wildman–Crippen MR) is 90.3 cm³/mol. The minimum absolute atomic E-state index is 0.231. The van der Waals surface area contributed by atoms with Crippen LogP contribution in [0.5, 0.6) is 5.75 Å². The van der Waals surface area contributed by atoms with Gasteiger partial charge < -0.3 is 10.1 Å². The molecule has 0 unspecified atom stereocenters. The molecule has 122 valence electrons. The molecule has 1 N–H and O–H groups in total. The molecule has 1 amide bonds. The molecule has 2 aromatic rings. The average molecular weight is 315 g/mol. The first-order valence-electron chi connectivity index (χ1n) is 7.83. The Morgan fingerprint density at radius 1 is 1.13 bits per heavy atom. The molecule has 0 aromatic heterocycles. The maximum Gasteiger partial charge on any atom is 0.265 e. The molecule has 0 aliphatic carbocycles. The van der Waals surface area contributed by atoms with E-state index in [1.807, 2.05) is 24.3 Å². The van der Waals surface area contributed by atoms with Gasteiger partial charge in [0.25, 0.3) is 5.91 Å². The van der Waals surface area contributed by atoms with Crippen LogP contribution in [0.3, 0.4) is 0 Å². The first-order valence-corrected chi connectivity index (χ1v) is 7.83. The van der Waals surface area contributed by atoms with Crippen LogP contribution in [0.25, 0.3) is 0 Å². The third kappa shape index (κ3) is 4.55. The fraction of sp³-hybridized carbons (Fsp3) is 0.316. The third-order valence-electron chi connectivity index (χ3n) is 3.86. The number of rotatable bonds is 6. The Bertz CT molecular complexity index is 655. The highest BCUT2D eigenvalue weighted by Crippen LogP contribution is 2.26. The predicted octanol–water partition coefficient (Wildman–Crippen LogP) is 4.75. The molecular formula is C19H22FNO2. The van der Waals surface area contributed by atoms with Crippen LogP contribution < -0.4 is 10.1 Å². The Labute approximate surface area is 136 Å². The SMILES string of the molecule is CC[C@H](C)c1ccccc1NC(=O)[C@H](C)Oc1ccc(F)cc1. The van der Waals surface area contributed by atoms with Crippen LogP contribution in [0.15, 0.2) is 48.5 Å². The number of para-hydroxylation sites is 1. The molecule has 2 rings (SSSR count). The standard InChI is InChI=1S/C19H22FNO2/c1-4-13(2)17-7-5-6-8-18(17)21-19(22)14(3)23-16-11-9-15(20)10-12-16/h5-14H,4H2,1-3H3,(H,21,22)/t13-,14-/m0/s1. The minimum Gasteiger partial charge on any atom is -0.481 e. The lowest BCUT2D eigenvalue weighted by molar-refractivity contribution is -0.122. The van der Waals surface area contributed by atoms with Gasteiger partial charge in [-0.25, -0.2) is 4.39 Å². The second kappa shape index (κ2) is 7.77. The summed E-state index contributed by atoms with van der Waals surface area (Å²) in [6, 6.07) is 13.4. The van der Waals surface area contributed by atoms with Crippen LogP contribution in [0.2, 0.25) is 0 Å². The summed E-state index contributed by atoms with van der Waals surface area (Å²) in [5.74, 6) is 0.256. The Hall–Kier alpha value is -2.36. The van der Waals surface area contributed by atoms with E-state index < -0.39 is 6.10 Å². The van der Waals surface area contributed by atoms with E-state index in [0.29, 0.717) is 11.7 Å². The van der Waals surface area contributed by atoms with E-state index in [0.717, 1.165) is 17.7 Å². The van der Waals surface area contributed by atoms with Crippen molar-refractivity contribution in [3.63, 3.8) is 0 Å². The summed E-state index contributed by atoms with van der Waals surface area (Å²) in [5, 5.41) is 2.92. The largest absolute Gasteiger partial charge is 0.481 e. The topological polar surface area (TPSA) is 38.3 Å². The van der Waals surface area contributed by atoms with Gasteiger partial charge in [0, 0.05) is 5.69 Å². The molecule has 0 aliphatic rings. The first-order chi connectivity index (χ1) is 11.0. The van der Waals surface area contributed by atoms with Crippen molar-refractivity contribution >= 4 is 11.6 Å². The van der Waals surface area contributed by atoms with Crippen LogP contribution in [-0.4, -0.2) is 12.0 Å². The first kappa shape index (κ1) is 17.0. The Balaban J connectivity index is 2.05. The lowest BCUT2D eigenvalue weighted by Crippen LogP contribution is -2.30. The van der Waals surface area contributed by atoms with Crippen LogP contribution >= 0.6 is 0 Å². The van der Waals surface area contributed by atoms with Crippen molar-refractivity contribution in [2.45, 2.75) is 39.2 Å². The molecule has 23 heavy (non-hydrogen) atoms. The van der Waals surface area contributed by atoms with Crippen molar-refractivity contribution in [3.05, 3.63) is 59.9 Å². The van der Waals surface area contributed by atoms with E-state index in [2.05, 4.69) is 19.2 Å². The van der Waals surface area contributed by atoms with Gasteiger partial charge in [-0.15, -0.1) is 0 Å². The zero-order valence-electron chi connectivity index (χ0n) is 13.7. The van der Waals surface area contributed by atoms with Gasteiger partial charge in [0.05, 0.1) is 0 Å². The molecule has 0 saturated carbocycles. The zero-order chi connectivity index (χ0) is 16.8. The number of nitrogens with one attached hydrogen (secondary N) is 1. The van der Waals surface area contributed by atoms with Gasteiger partial charge in [0.2, 0.25) is 0 Å². The monoisotopic (exact) mass is 315 g/mol. The molecule has 0 bridgehead atoms. The molecule has 2 atom stereocenters. The van der Waals surface area contributed by atoms with E-state index in [1.54, 1.807) is 6.92 Å². The second-order valence-electron chi connectivity index (χ2n) is 5.60. The van der Waals surface area contributed by atoms with Gasteiger partial charge in [0.15, 0.2) is 6.10 Å².